The molecule has 1 aromatic rings. The fraction of sp³-hybridized carbons (Fsp3) is 0.538. The van der Waals surface area contributed by atoms with E-state index in [0.29, 0.717) is 12.8 Å². The van der Waals surface area contributed by atoms with Crippen LogP contribution >= 0.6 is 0 Å². The van der Waals surface area contributed by atoms with Gasteiger partial charge >= 0.3 is 6.18 Å². The predicted octanol–water partition coefficient (Wildman–Crippen LogP) is 3.34. The molecule has 3 nitrogen and oxygen atoms in total. The summed E-state index contributed by atoms with van der Waals surface area (Å²) in [5, 5.41) is 0. The standard InChI is InChI=1S/C13H16F4N2O/c1-2-20-12-6-11(10(18)5-9(12)14)19(8-3-4-8)7-13(15,16)17/h5-6,8H,2-4,7,18H2,1H3. The number of nitrogen functional groups attached to an aromatic ring is 1. The molecule has 0 saturated heterocycles. The Morgan fingerprint density at radius 3 is 2.50 bits per heavy atom. The first kappa shape index (κ1) is 14.7. The summed E-state index contributed by atoms with van der Waals surface area (Å²) in [4.78, 5) is 1.18. The first-order valence-corrected chi connectivity index (χ1v) is 6.37. The van der Waals surface area contributed by atoms with Gasteiger partial charge in [-0.1, -0.05) is 0 Å². The molecule has 0 aliphatic heterocycles. The molecule has 7 heteroatoms. The maximum atomic E-state index is 13.6. The maximum Gasteiger partial charge on any atom is 0.405 e. The number of anilines is 2. The van der Waals surface area contributed by atoms with Crippen LogP contribution in [0.5, 0.6) is 5.75 Å². The van der Waals surface area contributed by atoms with Crippen molar-refractivity contribution in [3.63, 3.8) is 0 Å². The van der Waals surface area contributed by atoms with Gasteiger partial charge in [-0.15, -0.1) is 0 Å². The quantitative estimate of drug-likeness (QED) is 0.668. The summed E-state index contributed by atoms with van der Waals surface area (Å²) in [6, 6.07) is 2.06. The van der Waals surface area contributed by atoms with Crippen LogP contribution in [0.2, 0.25) is 0 Å². The van der Waals surface area contributed by atoms with E-state index in [9.17, 15) is 17.6 Å². The average molecular weight is 292 g/mol. The molecule has 0 heterocycles. The van der Waals surface area contributed by atoms with E-state index >= 15 is 0 Å². The lowest BCUT2D eigenvalue weighted by atomic mass is 10.2. The zero-order valence-electron chi connectivity index (χ0n) is 11.0. The SMILES string of the molecule is CCOc1cc(N(CC(F)(F)F)C2CC2)c(N)cc1F. The highest BCUT2D eigenvalue weighted by atomic mass is 19.4. The smallest absolute Gasteiger partial charge is 0.405 e. The van der Waals surface area contributed by atoms with Crippen molar-refractivity contribution in [1.29, 1.82) is 0 Å². The summed E-state index contributed by atoms with van der Waals surface area (Å²) >= 11 is 0. The summed E-state index contributed by atoms with van der Waals surface area (Å²) in [6.07, 6.45) is -2.98. The minimum atomic E-state index is -4.34. The van der Waals surface area contributed by atoms with Crippen LogP contribution in [-0.4, -0.2) is 25.4 Å². The molecule has 20 heavy (non-hydrogen) atoms. The molecule has 0 aromatic heterocycles. The minimum Gasteiger partial charge on any atom is -0.491 e. The lowest BCUT2D eigenvalue weighted by Crippen LogP contribution is -2.36. The predicted molar refractivity (Wildman–Crippen MR) is 68.4 cm³/mol. The molecule has 0 radical (unpaired) electrons. The molecule has 0 unspecified atom stereocenters. The molecular weight excluding hydrogens is 276 g/mol. The Kier molecular flexibility index (Phi) is 3.96. The molecule has 0 spiro atoms. The summed E-state index contributed by atoms with van der Waals surface area (Å²) in [5.74, 6) is -0.750. The number of nitrogens with two attached hydrogens (primary N) is 1. The zero-order valence-corrected chi connectivity index (χ0v) is 11.0. The van der Waals surface area contributed by atoms with Crippen LogP contribution in [0, 0.1) is 5.82 Å². The van der Waals surface area contributed by atoms with Crippen LogP contribution in [-0.2, 0) is 0 Å². The van der Waals surface area contributed by atoms with Gasteiger partial charge in [0.25, 0.3) is 0 Å². The Labute approximate surface area is 114 Å². The third-order valence-electron chi connectivity index (χ3n) is 3.03. The fourth-order valence-corrected chi connectivity index (χ4v) is 2.06. The Hall–Kier alpha value is -1.66. The van der Waals surface area contributed by atoms with E-state index in [-0.39, 0.29) is 29.8 Å². The van der Waals surface area contributed by atoms with Crippen LogP contribution in [0.1, 0.15) is 19.8 Å². The van der Waals surface area contributed by atoms with Gasteiger partial charge in [0.15, 0.2) is 11.6 Å². The molecule has 1 fully saturated rings. The second kappa shape index (κ2) is 5.38. The van der Waals surface area contributed by atoms with E-state index in [1.807, 2.05) is 0 Å². The number of hydrogen-bond donors (Lipinski definition) is 1. The molecule has 0 amide bonds. The molecule has 0 bridgehead atoms. The van der Waals surface area contributed by atoms with Crippen molar-refractivity contribution >= 4 is 11.4 Å². The van der Waals surface area contributed by atoms with Gasteiger partial charge in [-0.3, -0.25) is 0 Å². The Balaban J connectivity index is 2.34. The lowest BCUT2D eigenvalue weighted by Gasteiger charge is -2.27. The van der Waals surface area contributed by atoms with Crippen molar-refractivity contribution in [2.24, 2.45) is 0 Å². The number of benzene rings is 1. The van der Waals surface area contributed by atoms with Crippen LogP contribution in [0.4, 0.5) is 28.9 Å². The molecule has 1 aromatic carbocycles. The Morgan fingerprint density at radius 1 is 1.35 bits per heavy atom. The number of ether oxygens (including phenoxy) is 1. The van der Waals surface area contributed by atoms with Crippen molar-refractivity contribution in [2.75, 3.05) is 23.8 Å². The van der Waals surface area contributed by atoms with Gasteiger partial charge in [-0.25, -0.2) is 4.39 Å². The second-order valence-electron chi connectivity index (χ2n) is 4.75. The van der Waals surface area contributed by atoms with E-state index in [4.69, 9.17) is 10.5 Å². The minimum absolute atomic E-state index is 0.0119. The molecule has 0 atom stereocenters. The number of hydrogen-bond acceptors (Lipinski definition) is 3. The number of alkyl halides is 3. The zero-order chi connectivity index (χ0) is 14.9. The van der Waals surface area contributed by atoms with Gasteiger partial charge in [0.05, 0.1) is 18.0 Å². The first-order chi connectivity index (χ1) is 9.31. The molecule has 1 aliphatic rings. The van der Waals surface area contributed by atoms with Crippen LogP contribution in [0.25, 0.3) is 0 Å². The van der Waals surface area contributed by atoms with E-state index in [2.05, 4.69) is 0 Å². The van der Waals surface area contributed by atoms with Gasteiger partial charge in [0.1, 0.15) is 6.54 Å². The van der Waals surface area contributed by atoms with E-state index < -0.39 is 18.5 Å². The van der Waals surface area contributed by atoms with Crippen molar-refractivity contribution in [3.05, 3.63) is 17.9 Å². The van der Waals surface area contributed by atoms with Gasteiger partial charge in [-0.05, 0) is 19.8 Å². The van der Waals surface area contributed by atoms with Gasteiger partial charge < -0.3 is 15.4 Å². The lowest BCUT2D eigenvalue weighted by molar-refractivity contribution is -0.119. The molecule has 2 N–H and O–H groups in total. The van der Waals surface area contributed by atoms with E-state index in [0.717, 1.165) is 6.07 Å². The van der Waals surface area contributed by atoms with Gasteiger partial charge in [-0.2, -0.15) is 13.2 Å². The number of nitrogens with zero attached hydrogens (tertiary/aromatic N) is 1. The van der Waals surface area contributed by atoms with Crippen molar-refractivity contribution in [1.82, 2.24) is 0 Å². The van der Waals surface area contributed by atoms with Crippen molar-refractivity contribution < 1.29 is 22.3 Å². The van der Waals surface area contributed by atoms with Crippen LogP contribution in [0.3, 0.4) is 0 Å². The average Bonchev–Trinajstić information content (AvgIpc) is 3.13. The summed E-state index contributed by atoms with van der Waals surface area (Å²) in [6.45, 7) is 0.798. The highest BCUT2D eigenvalue weighted by Crippen LogP contribution is 2.39. The normalized spacial score (nSPS) is 15.2. The molecule has 1 saturated carbocycles. The molecular formula is C13H16F4N2O. The van der Waals surface area contributed by atoms with Gasteiger partial charge in [0, 0.05) is 18.2 Å². The molecule has 2 rings (SSSR count). The first-order valence-electron chi connectivity index (χ1n) is 6.37. The van der Waals surface area contributed by atoms with Crippen molar-refractivity contribution in [2.45, 2.75) is 32.0 Å². The van der Waals surface area contributed by atoms with Crippen molar-refractivity contribution in [3.8, 4) is 5.75 Å². The summed E-state index contributed by atoms with van der Waals surface area (Å²) < 4.78 is 56.6. The molecule has 1 aliphatic carbocycles. The topological polar surface area (TPSA) is 38.5 Å². The largest absolute Gasteiger partial charge is 0.491 e. The third-order valence-corrected chi connectivity index (χ3v) is 3.03. The highest BCUT2D eigenvalue weighted by Gasteiger charge is 2.39. The summed E-state index contributed by atoms with van der Waals surface area (Å²) in [5.41, 5.74) is 5.83. The highest BCUT2D eigenvalue weighted by molar-refractivity contribution is 5.71. The third kappa shape index (κ3) is 3.46. The van der Waals surface area contributed by atoms with E-state index in [1.54, 1.807) is 6.92 Å². The molecule has 112 valence electrons. The van der Waals surface area contributed by atoms with Gasteiger partial charge in [0.2, 0.25) is 0 Å². The Bertz CT molecular complexity index is 486. The summed E-state index contributed by atoms with van der Waals surface area (Å²) in [7, 11) is 0. The monoisotopic (exact) mass is 292 g/mol. The van der Waals surface area contributed by atoms with Crippen LogP contribution < -0.4 is 15.4 Å². The van der Waals surface area contributed by atoms with Crippen LogP contribution in [0.15, 0.2) is 12.1 Å². The fourth-order valence-electron chi connectivity index (χ4n) is 2.06. The second-order valence-corrected chi connectivity index (χ2v) is 4.75. The number of rotatable bonds is 5. The Morgan fingerprint density at radius 2 is 2.00 bits per heavy atom. The maximum absolute atomic E-state index is 13.6. The number of halogens is 4. The van der Waals surface area contributed by atoms with E-state index in [1.165, 1.54) is 11.0 Å².